The molecule has 2 nitrogen and oxygen atoms in total. The van der Waals surface area contributed by atoms with Crippen molar-refractivity contribution in [1.82, 2.24) is 0 Å². The number of methoxy groups -OCH3 is 1. The zero-order valence-corrected chi connectivity index (χ0v) is 9.00. The highest BCUT2D eigenvalue weighted by atomic mass is 32.1. The van der Waals surface area contributed by atoms with Crippen molar-refractivity contribution in [2.24, 2.45) is 0 Å². The second-order valence-corrected chi connectivity index (χ2v) is 3.18. The maximum absolute atomic E-state index is 9.01. The Kier molecular flexibility index (Phi) is 4.56. The van der Waals surface area contributed by atoms with Crippen LogP contribution in [0.4, 0.5) is 0 Å². The first-order valence-corrected chi connectivity index (χ1v) is 5.00. The molecule has 0 radical (unpaired) electrons. The molecule has 0 saturated carbocycles. The van der Waals surface area contributed by atoms with E-state index in [0.29, 0.717) is 11.5 Å². The highest BCUT2D eigenvalue weighted by Crippen LogP contribution is 2.20. The number of hydrogen-bond acceptors (Lipinski definition) is 3. The van der Waals surface area contributed by atoms with E-state index in [9.17, 15) is 0 Å². The smallest absolute Gasteiger partial charge is 0.124 e. The van der Waals surface area contributed by atoms with E-state index in [1.165, 1.54) is 0 Å². The van der Waals surface area contributed by atoms with Crippen LogP contribution in [0.1, 0.15) is 11.1 Å². The Morgan fingerprint density at radius 1 is 1.50 bits per heavy atom. The van der Waals surface area contributed by atoms with Crippen molar-refractivity contribution < 1.29 is 9.84 Å². The maximum Gasteiger partial charge on any atom is 0.124 e. The Labute approximate surface area is 89.6 Å². The standard InChI is InChI=1S/C11H14O2S/c1-13-11-7-9(3-2-6-14)4-5-10(11)8-12/h2-5,7,12,14H,6,8H2,1H3. The molecule has 1 N–H and O–H groups in total. The zero-order valence-electron chi connectivity index (χ0n) is 8.10. The van der Waals surface area contributed by atoms with E-state index in [4.69, 9.17) is 9.84 Å². The average molecular weight is 210 g/mol. The normalized spacial score (nSPS) is 10.8. The van der Waals surface area contributed by atoms with Crippen LogP contribution >= 0.6 is 12.6 Å². The molecule has 0 bridgehead atoms. The van der Waals surface area contributed by atoms with Crippen molar-refractivity contribution in [3.8, 4) is 5.75 Å². The van der Waals surface area contributed by atoms with Gasteiger partial charge in [-0.2, -0.15) is 12.6 Å². The van der Waals surface area contributed by atoms with E-state index in [2.05, 4.69) is 12.6 Å². The van der Waals surface area contributed by atoms with E-state index in [1.807, 2.05) is 30.4 Å². The van der Waals surface area contributed by atoms with Gasteiger partial charge in [-0.15, -0.1) is 0 Å². The lowest BCUT2D eigenvalue weighted by Crippen LogP contribution is -1.91. The van der Waals surface area contributed by atoms with Gasteiger partial charge in [-0.05, 0) is 11.6 Å². The molecule has 3 heteroatoms. The summed E-state index contributed by atoms with van der Waals surface area (Å²) in [5, 5.41) is 9.01. The molecule has 0 amide bonds. The van der Waals surface area contributed by atoms with Gasteiger partial charge in [0.15, 0.2) is 0 Å². The van der Waals surface area contributed by atoms with Crippen LogP contribution in [-0.2, 0) is 6.61 Å². The van der Waals surface area contributed by atoms with E-state index < -0.39 is 0 Å². The molecule has 0 saturated heterocycles. The Balaban J connectivity index is 2.95. The molecular weight excluding hydrogens is 196 g/mol. The third-order valence-electron chi connectivity index (χ3n) is 1.90. The van der Waals surface area contributed by atoms with Gasteiger partial charge >= 0.3 is 0 Å². The fraction of sp³-hybridized carbons (Fsp3) is 0.273. The largest absolute Gasteiger partial charge is 0.496 e. The van der Waals surface area contributed by atoms with E-state index in [-0.39, 0.29) is 6.61 Å². The fourth-order valence-electron chi connectivity index (χ4n) is 1.18. The summed E-state index contributed by atoms with van der Waals surface area (Å²) in [6, 6.07) is 5.69. The summed E-state index contributed by atoms with van der Waals surface area (Å²) in [7, 11) is 1.60. The number of rotatable bonds is 4. The van der Waals surface area contributed by atoms with Gasteiger partial charge in [0.2, 0.25) is 0 Å². The van der Waals surface area contributed by atoms with Crippen molar-refractivity contribution in [2.75, 3.05) is 12.9 Å². The summed E-state index contributed by atoms with van der Waals surface area (Å²) in [6.07, 6.45) is 3.92. The second kappa shape index (κ2) is 5.73. The van der Waals surface area contributed by atoms with Gasteiger partial charge in [0, 0.05) is 11.3 Å². The first-order chi connectivity index (χ1) is 6.81. The van der Waals surface area contributed by atoms with Gasteiger partial charge in [-0.25, -0.2) is 0 Å². The van der Waals surface area contributed by atoms with E-state index in [1.54, 1.807) is 7.11 Å². The quantitative estimate of drug-likeness (QED) is 0.746. The van der Waals surface area contributed by atoms with E-state index in [0.717, 1.165) is 11.1 Å². The molecule has 1 aromatic carbocycles. The minimum absolute atomic E-state index is 0.000262. The van der Waals surface area contributed by atoms with Crippen LogP contribution < -0.4 is 4.74 Å². The van der Waals surface area contributed by atoms with Gasteiger partial charge < -0.3 is 9.84 Å². The Morgan fingerprint density at radius 2 is 2.29 bits per heavy atom. The summed E-state index contributed by atoms with van der Waals surface area (Å²) in [4.78, 5) is 0. The lowest BCUT2D eigenvalue weighted by atomic mass is 10.1. The molecule has 0 aliphatic heterocycles. The first kappa shape index (κ1) is 11.1. The van der Waals surface area contributed by atoms with Gasteiger partial charge in [-0.3, -0.25) is 0 Å². The minimum Gasteiger partial charge on any atom is -0.496 e. The molecular formula is C11H14O2S. The SMILES string of the molecule is COc1cc(C=CCS)ccc1CO. The summed E-state index contributed by atoms with van der Waals surface area (Å²) < 4.78 is 5.14. The number of aliphatic hydroxyl groups excluding tert-OH is 1. The van der Waals surface area contributed by atoms with Crippen molar-refractivity contribution >= 4 is 18.7 Å². The van der Waals surface area contributed by atoms with Crippen LogP contribution in [0.25, 0.3) is 6.08 Å². The first-order valence-electron chi connectivity index (χ1n) is 4.37. The predicted molar refractivity (Wildman–Crippen MR) is 61.8 cm³/mol. The highest BCUT2D eigenvalue weighted by molar-refractivity contribution is 7.80. The summed E-state index contributed by atoms with van der Waals surface area (Å²) in [5.41, 5.74) is 1.85. The number of thiol groups is 1. The molecule has 0 heterocycles. The van der Waals surface area contributed by atoms with Crippen LogP contribution in [0.5, 0.6) is 5.75 Å². The molecule has 1 aromatic rings. The Hall–Kier alpha value is -0.930. The van der Waals surface area contributed by atoms with E-state index >= 15 is 0 Å². The van der Waals surface area contributed by atoms with Crippen LogP contribution in [0.2, 0.25) is 0 Å². The molecule has 0 aromatic heterocycles. The Bertz CT molecular complexity index is 321. The second-order valence-electron chi connectivity index (χ2n) is 2.81. The molecule has 0 aliphatic carbocycles. The third kappa shape index (κ3) is 2.79. The monoisotopic (exact) mass is 210 g/mol. The highest BCUT2D eigenvalue weighted by Gasteiger charge is 2.00. The number of benzene rings is 1. The molecule has 76 valence electrons. The molecule has 0 fully saturated rings. The van der Waals surface area contributed by atoms with Gasteiger partial charge in [0.25, 0.3) is 0 Å². The lowest BCUT2D eigenvalue weighted by molar-refractivity contribution is 0.274. The zero-order chi connectivity index (χ0) is 10.4. The number of ether oxygens (including phenoxy) is 1. The Morgan fingerprint density at radius 3 is 2.86 bits per heavy atom. The van der Waals surface area contributed by atoms with Gasteiger partial charge in [0.1, 0.15) is 5.75 Å². The van der Waals surface area contributed by atoms with Crippen molar-refractivity contribution in [3.63, 3.8) is 0 Å². The molecule has 0 spiro atoms. The fourth-order valence-corrected chi connectivity index (χ4v) is 1.29. The van der Waals surface area contributed by atoms with Gasteiger partial charge in [0.05, 0.1) is 13.7 Å². The summed E-state index contributed by atoms with van der Waals surface area (Å²) in [5.74, 6) is 1.43. The van der Waals surface area contributed by atoms with Crippen molar-refractivity contribution in [3.05, 3.63) is 35.4 Å². The molecule has 0 unspecified atom stereocenters. The average Bonchev–Trinajstić information content (AvgIpc) is 2.25. The molecule has 0 aliphatic rings. The van der Waals surface area contributed by atoms with Crippen LogP contribution in [0.15, 0.2) is 24.3 Å². The van der Waals surface area contributed by atoms with Crippen LogP contribution in [0, 0.1) is 0 Å². The third-order valence-corrected chi connectivity index (χ3v) is 2.11. The summed E-state index contributed by atoms with van der Waals surface area (Å²) in [6.45, 7) is -0.000262. The predicted octanol–water partition coefficient (Wildman–Crippen LogP) is 2.13. The molecule has 1 rings (SSSR count). The molecule has 14 heavy (non-hydrogen) atoms. The summed E-state index contributed by atoms with van der Waals surface area (Å²) >= 11 is 4.08. The number of hydrogen-bond donors (Lipinski definition) is 2. The van der Waals surface area contributed by atoms with Crippen LogP contribution in [-0.4, -0.2) is 18.0 Å². The minimum atomic E-state index is -0.000262. The van der Waals surface area contributed by atoms with Crippen molar-refractivity contribution in [2.45, 2.75) is 6.61 Å². The topological polar surface area (TPSA) is 29.5 Å². The molecule has 0 atom stereocenters. The van der Waals surface area contributed by atoms with Crippen LogP contribution in [0.3, 0.4) is 0 Å². The maximum atomic E-state index is 9.01. The lowest BCUT2D eigenvalue weighted by Gasteiger charge is -2.06. The van der Waals surface area contributed by atoms with Crippen molar-refractivity contribution in [1.29, 1.82) is 0 Å². The number of aliphatic hydroxyl groups is 1. The van der Waals surface area contributed by atoms with Gasteiger partial charge in [-0.1, -0.05) is 24.3 Å².